The van der Waals surface area contributed by atoms with Crippen LogP contribution in [0.15, 0.2) is 72.2 Å². The number of nitrogens with one attached hydrogen (secondary N) is 1. The molecular weight excluding hydrogens is 495 g/mol. The fourth-order valence-electron chi connectivity index (χ4n) is 4.10. The molecule has 188 valence electrons. The molecule has 0 saturated carbocycles. The summed E-state index contributed by atoms with van der Waals surface area (Å²) < 4.78 is 50.0. The van der Waals surface area contributed by atoms with Crippen LogP contribution in [0.3, 0.4) is 0 Å². The molecule has 0 atom stereocenters. The van der Waals surface area contributed by atoms with Gasteiger partial charge in [0.1, 0.15) is 5.69 Å². The number of alkyl halides is 3. The van der Waals surface area contributed by atoms with Crippen LogP contribution in [0, 0.1) is 25.7 Å². The second kappa shape index (κ2) is 8.77. The average Bonchev–Trinajstić information content (AvgIpc) is 3.62. The largest absolute Gasteiger partial charge is 0.416 e. The summed E-state index contributed by atoms with van der Waals surface area (Å²) in [5, 5.41) is 7.68. The number of aromatic nitrogens is 6. The zero-order chi connectivity index (χ0) is 26.4. The van der Waals surface area contributed by atoms with E-state index in [0.29, 0.717) is 39.3 Å². The van der Waals surface area contributed by atoms with Gasteiger partial charge in [-0.1, -0.05) is 17.1 Å². The molecule has 2 aromatic carbocycles. The van der Waals surface area contributed by atoms with Gasteiger partial charge in [-0.2, -0.15) is 13.2 Å². The highest BCUT2D eigenvalue weighted by Crippen LogP contribution is 2.35. The van der Waals surface area contributed by atoms with Crippen molar-refractivity contribution in [3.05, 3.63) is 95.7 Å². The van der Waals surface area contributed by atoms with Gasteiger partial charge in [0, 0.05) is 30.0 Å². The summed E-state index contributed by atoms with van der Waals surface area (Å²) >= 11 is 0. The Hall–Kier alpha value is -5.11. The van der Waals surface area contributed by atoms with Crippen LogP contribution in [0.2, 0.25) is 0 Å². The van der Waals surface area contributed by atoms with Gasteiger partial charge in [0.2, 0.25) is 0 Å². The minimum atomic E-state index is -4.54. The second-order valence-electron chi connectivity index (χ2n) is 8.68. The van der Waals surface area contributed by atoms with Gasteiger partial charge in [0.25, 0.3) is 0 Å². The summed E-state index contributed by atoms with van der Waals surface area (Å²) in [4.78, 5) is 12.5. The van der Waals surface area contributed by atoms with Crippen molar-refractivity contribution in [3.63, 3.8) is 0 Å². The number of anilines is 2. The van der Waals surface area contributed by atoms with E-state index in [0.717, 1.165) is 17.7 Å². The van der Waals surface area contributed by atoms with Crippen LogP contribution >= 0.6 is 0 Å². The molecule has 4 aromatic heterocycles. The summed E-state index contributed by atoms with van der Waals surface area (Å²) in [6.07, 6.45) is 5.28. The fourth-order valence-corrected chi connectivity index (χ4v) is 4.10. The van der Waals surface area contributed by atoms with Crippen molar-refractivity contribution in [1.82, 2.24) is 29.1 Å². The fraction of sp³-hybridized carbons (Fsp3) is 0.111. The van der Waals surface area contributed by atoms with Gasteiger partial charge in [0.05, 0.1) is 40.9 Å². The van der Waals surface area contributed by atoms with Crippen LogP contribution < -0.4 is 5.32 Å². The van der Waals surface area contributed by atoms with Crippen molar-refractivity contribution in [2.24, 2.45) is 0 Å². The molecule has 0 aliphatic heterocycles. The molecule has 1 N–H and O–H groups in total. The highest BCUT2D eigenvalue weighted by molar-refractivity contribution is 5.94. The number of halogens is 3. The summed E-state index contributed by atoms with van der Waals surface area (Å²) in [5.74, 6) is 6.52. The van der Waals surface area contributed by atoms with Crippen LogP contribution in [0.25, 0.3) is 22.3 Å². The first-order valence-electron chi connectivity index (χ1n) is 11.4. The minimum absolute atomic E-state index is 0.198. The SMILES string of the molecule is Cc1cn(-c2cc(Nc3noc4c(C#Cc5cnc6cnccn56)c(C)ccc34)cc(C(F)(F)F)c2)cn1. The molecule has 0 spiro atoms. The molecule has 38 heavy (non-hydrogen) atoms. The van der Waals surface area contributed by atoms with E-state index in [4.69, 9.17) is 4.52 Å². The molecule has 4 heterocycles. The molecule has 0 aliphatic carbocycles. The van der Waals surface area contributed by atoms with Gasteiger partial charge in [0.15, 0.2) is 17.0 Å². The van der Waals surface area contributed by atoms with E-state index in [1.165, 1.54) is 10.9 Å². The van der Waals surface area contributed by atoms with Crippen LogP contribution in [0.4, 0.5) is 24.7 Å². The average molecular weight is 513 g/mol. The zero-order valence-electron chi connectivity index (χ0n) is 20.1. The number of rotatable bonds is 3. The van der Waals surface area contributed by atoms with Crippen molar-refractivity contribution < 1.29 is 17.7 Å². The molecule has 6 aromatic rings. The molecule has 0 aliphatic rings. The lowest BCUT2D eigenvalue weighted by molar-refractivity contribution is -0.137. The van der Waals surface area contributed by atoms with Crippen LogP contribution in [-0.4, -0.2) is 29.1 Å². The smallest absolute Gasteiger partial charge is 0.353 e. The number of hydrogen-bond donors (Lipinski definition) is 1. The molecule has 0 radical (unpaired) electrons. The Morgan fingerprint density at radius 1 is 1.03 bits per heavy atom. The van der Waals surface area contributed by atoms with E-state index in [1.807, 2.05) is 17.4 Å². The summed E-state index contributed by atoms with van der Waals surface area (Å²) in [6, 6.07) is 7.34. The van der Waals surface area contributed by atoms with Gasteiger partial charge >= 0.3 is 6.18 Å². The van der Waals surface area contributed by atoms with Gasteiger partial charge in [-0.3, -0.25) is 9.38 Å². The Kier molecular flexibility index (Phi) is 5.38. The maximum atomic E-state index is 13.7. The summed E-state index contributed by atoms with van der Waals surface area (Å²) in [5.41, 5.74) is 3.63. The van der Waals surface area contributed by atoms with E-state index in [9.17, 15) is 13.2 Å². The first kappa shape index (κ1) is 23.3. The van der Waals surface area contributed by atoms with Crippen LogP contribution in [0.5, 0.6) is 0 Å². The molecule has 0 bridgehead atoms. The third-order valence-corrected chi connectivity index (χ3v) is 6.00. The monoisotopic (exact) mass is 513 g/mol. The molecule has 11 heteroatoms. The third kappa shape index (κ3) is 4.22. The topological polar surface area (TPSA) is 86.1 Å². The van der Waals surface area contributed by atoms with Crippen molar-refractivity contribution >= 4 is 28.1 Å². The quantitative estimate of drug-likeness (QED) is 0.300. The minimum Gasteiger partial charge on any atom is -0.353 e. The second-order valence-corrected chi connectivity index (χ2v) is 8.68. The van der Waals surface area contributed by atoms with Gasteiger partial charge in [-0.25, -0.2) is 9.97 Å². The van der Waals surface area contributed by atoms with Crippen LogP contribution in [0.1, 0.15) is 28.1 Å². The molecule has 0 unspecified atom stereocenters. The predicted molar refractivity (Wildman–Crippen MR) is 134 cm³/mol. The molecular formula is C27H18F3N7O. The van der Waals surface area contributed by atoms with Crippen molar-refractivity contribution in [2.75, 3.05) is 5.32 Å². The Balaban J connectivity index is 1.40. The van der Waals surface area contributed by atoms with Crippen molar-refractivity contribution in [2.45, 2.75) is 20.0 Å². The lowest BCUT2D eigenvalue weighted by atomic mass is 10.1. The maximum Gasteiger partial charge on any atom is 0.416 e. The maximum absolute atomic E-state index is 13.7. The lowest BCUT2D eigenvalue weighted by Gasteiger charge is -2.13. The first-order valence-corrected chi connectivity index (χ1v) is 11.4. The van der Waals surface area contributed by atoms with E-state index in [2.05, 4.69) is 37.3 Å². The van der Waals surface area contributed by atoms with Crippen LogP contribution in [-0.2, 0) is 6.18 Å². The van der Waals surface area contributed by atoms with E-state index in [-0.39, 0.29) is 11.5 Å². The van der Waals surface area contributed by atoms with Gasteiger partial charge in [-0.05, 0) is 49.6 Å². The molecule has 0 fully saturated rings. The van der Waals surface area contributed by atoms with E-state index >= 15 is 0 Å². The van der Waals surface area contributed by atoms with Gasteiger partial charge < -0.3 is 14.4 Å². The van der Waals surface area contributed by atoms with E-state index in [1.54, 1.807) is 50.0 Å². The predicted octanol–water partition coefficient (Wildman–Crippen LogP) is 5.84. The Morgan fingerprint density at radius 3 is 2.68 bits per heavy atom. The number of imidazole rings is 2. The molecule has 0 amide bonds. The normalized spacial score (nSPS) is 11.6. The Bertz CT molecular complexity index is 1890. The highest BCUT2D eigenvalue weighted by atomic mass is 19.4. The Labute approximate surface area is 213 Å². The number of nitrogens with zero attached hydrogens (tertiary/aromatic N) is 6. The molecule has 6 rings (SSSR count). The van der Waals surface area contributed by atoms with Gasteiger partial charge in [-0.15, -0.1) is 0 Å². The van der Waals surface area contributed by atoms with Crippen molar-refractivity contribution in [1.29, 1.82) is 0 Å². The lowest BCUT2D eigenvalue weighted by Crippen LogP contribution is -2.07. The Morgan fingerprint density at radius 2 is 1.89 bits per heavy atom. The van der Waals surface area contributed by atoms with E-state index < -0.39 is 11.7 Å². The highest BCUT2D eigenvalue weighted by Gasteiger charge is 2.31. The summed E-state index contributed by atoms with van der Waals surface area (Å²) in [6.45, 7) is 3.66. The molecule has 0 saturated heterocycles. The number of aryl methyl sites for hydroxylation is 2. The first-order chi connectivity index (χ1) is 18.3. The number of benzene rings is 2. The number of fused-ring (bicyclic) bond motifs is 2. The zero-order valence-corrected chi connectivity index (χ0v) is 20.1. The molecule has 8 nitrogen and oxygen atoms in total. The third-order valence-electron chi connectivity index (χ3n) is 6.00. The summed E-state index contributed by atoms with van der Waals surface area (Å²) in [7, 11) is 0. The van der Waals surface area contributed by atoms with Crippen molar-refractivity contribution in [3.8, 4) is 17.5 Å². The standard InChI is InChI=1S/C27H18F3N7O/c1-16-3-5-23-25(22(16)6-4-20-12-32-24-13-31-7-8-37(20)24)38-35-26(23)34-19-9-18(27(28,29)30)10-21(11-19)36-14-17(2)33-15-36/h3,5,7-15H,1-2H3,(H,34,35). The number of hydrogen-bond acceptors (Lipinski definition) is 6.